The second-order valence-corrected chi connectivity index (χ2v) is 4.38. The fourth-order valence-electron chi connectivity index (χ4n) is 2.40. The van der Waals surface area contributed by atoms with Gasteiger partial charge in [0.25, 0.3) is 5.91 Å². The maximum absolute atomic E-state index is 13.0. The molecule has 90 valence electrons. The molecule has 1 saturated heterocycles. The van der Waals surface area contributed by atoms with Crippen molar-refractivity contribution in [2.75, 3.05) is 18.1 Å². The number of hydrogen-bond donors (Lipinski definition) is 0. The molecule has 1 fully saturated rings. The number of nitrogens with zero attached hydrogens (tertiary/aromatic N) is 2. The van der Waals surface area contributed by atoms with Crippen LogP contribution in [0.5, 0.6) is 0 Å². The molecule has 0 aliphatic carbocycles. The number of amides is 1. The monoisotopic (exact) mass is 236 g/mol. The van der Waals surface area contributed by atoms with E-state index in [-0.39, 0.29) is 17.8 Å². The van der Waals surface area contributed by atoms with Crippen LogP contribution in [0.15, 0.2) is 12.3 Å². The van der Waals surface area contributed by atoms with Gasteiger partial charge in [-0.2, -0.15) is 0 Å². The lowest BCUT2D eigenvalue weighted by molar-refractivity contribution is -0.127. The molecule has 2 aliphatic rings. The Hall–Kier alpha value is -1.49. The van der Waals surface area contributed by atoms with E-state index in [0.29, 0.717) is 25.4 Å². The van der Waals surface area contributed by atoms with Crippen molar-refractivity contribution in [1.29, 1.82) is 0 Å². The third-order valence-corrected chi connectivity index (χ3v) is 3.24. The Morgan fingerprint density at radius 1 is 1.59 bits per heavy atom. The van der Waals surface area contributed by atoms with Crippen LogP contribution in [0, 0.1) is 5.82 Å². The van der Waals surface area contributed by atoms with Crippen molar-refractivity contribution >= 4 is 11.7 Å². The maximum Gasteiger partial charge on any atom is 0.257 e. The summed E-state index contributed by atoms with van der Waals surface area (Å²) < 4.78 is 18.4. The molecule has 5 heteroatoms. The van der Waals surface area contributed by atoms with Crippen molar-refractivity contribution in [3.05, 3.63) is 23.6 Å². The summed E-state index contributed by atoms with van der Waals surface area (Å²) >= 11 is 0. The molecular formula is C12H13FN2O2. The van der Waals surface area contributed by atoms with Crippen LogP contribution in [-0.4, -0.2) is 30.1 Å². The van der Waals surface area contributed by atoms with Crippen LogP contribution >= 0.6 is 0 Å². The van der Waals surface area contributed by atoms with E-state index in [2.05, 4.69) is 4.98 Å². The normalized spacial score (nSPS) is 22.9. The lowest BCUT2D eigenvalue weighted by Gasteiger charge is -2.19. The first kappa shape index (κ1) is 10.7. The molecule has 1 aromatic heterocycles. The Labute approximate surface area is 98.4 Å². The van der Waals surface area contributed by atoms with Crippen LogP contribution < -0.4 is 4.90 Å². The fourth-order valence-corrected chi connectivity index (χ4v) is 2.40. The average Bonchev–Trinajstić information content (AvgIpc) is 2.96. The molecule has 17 heavy (non-hydrogen) atoms. The minimum absolute atomic E-state index is 0.0413. The third-order valence-electron chi connectivity index (χ3n) is 3.24. The van der Waals surface area contributed by atoms with Crippen LogP contribution in [0.1, 0.15) is 18.4 Å². The van der Waals surface area contributed by atoms with E-state index in [1.807, 2.05) is 0 Å². The summed E-state index contributed by atoms with van der Waals surface area (Å²) in [6.45, 7) is 1.22. The number of aromatic nitrogens is 1. The molecule has 0 bridgehead atoms. The predicted octanol–water partition coefficient (Wildman–Crippen LogP) is 1.29. The van der Waals surface area contributed by atoms with E-state index >= 15 is 0 Å². The molecule has 3 heterocycles. The highest BCUT2D eigenvalue weighted by Crippen LogP contribution is 2.28. The summed E-state index contributed by atoms with van der Waals surface area (Å²) in [7, 11) is 0. The van der Waals surface area contributed by atoms with Crippen molar-refractivity contribution in [3.8, 4) is 0 Å². The number of anilines is 1. The largest absolute Gasteiger partial charge is 0.368 e. The summed E-state index contributed by atoms with van der Waals surface area (Å²) in [5.74, 6) is 0.197. The minimum Gasteiger partial charge on any atom is -0.368 e. The molecule has 0 radical (unpaired) electrons. The van der Waals surface area contributed by atoms with E-state index in [1.54, 1.807) is 4.90 Å². The van der Waals surface area contributed by atoms with Crippen molar-refractivity contribution in [3.63, 3.8) is 0 Å². The number of rotatable bonds is 1. The van der Waals surface area contributed by atoms with E-state index in [1.165, 1.54) is 6.07 Å². The second kappa shape index (κ2) is 4.07. The molecule has 0 spiro atoms. The molecule has 1 amide bonds. The fraction of sp³-hybridized carbons (Fsp3) is 0.500. The first-order chi connectivity index (χ1) is 8.25. The van der Waals surface area contributed by atoms with Crippen LogP contribution in [0.4, 0.5) is 10.2 Å². The van der Waals surface area contributed by atoms with E-state index in [4.69, 9.17) is 4.74 Å². The molecule has 0 aromatic carbocycles. The average molecular weight is 236 g/mol. The molecule has 1 atom stereocenters. The topological polar surface area (TPSA) is 42.4 Å². The number of pyridine rings is 1. The number of carbonyl (C=O) groups excluding carboxylic acids is 1. The Kier molecular flexibility index (Phi) is 2.55. The first-order valence-corrected chi connectivity index (χ1v) is 5.83. The van der Waals surface area contributed by atoms with Gasteiger partial charge in [-0.15, -0.1) is 0 Å². The zero-order valence-corrected chi connectivity index (χ0v) is 9.36. The number of carbonyl (C=O) groups is 1. The van der Waals surface area contributed by atoms with Gasteiger partial charge in [-0.1, -0.05) is 0 Å². The van der Waals surface area contributed by atoms with Crippen LogP contribution in [0.2, 0.25) is 0 Å². The lowest BCUT2D eigenvalue weighted by Crippen LogP contribution is -2.38. The van der Waals surface area contributed by atoms with E-state index in [0.717, 1.165) is 24.6 Å². The number of halogens is 1. The van der Waals surface area contributed by atoms with Gasteiger partial charge in [0.05, 0.1) is 6.20 Å². The highest BCUT2D eigenvalue weighted by atomic mass is 19.1. The molecule has 3 rings (SSSR count). The highest BCUT2D eigenvalue weighted by Gasteiger charge is 2.33. The third kappa shape index (κ3) is 1.80. The van der Waals surface area contributed by atoms with Crippen LogP contribution in [-0.2, 0) is 16.0 Å². The lowest BCUT2D eigenvalue weighted by atomic mass is 10.2. The van der Waals surface area contributed by atoms with Gasteiger partial charge in [-0.25, -0.2) is 9.37 Å². The van der Waals surface area contributed by atoms with Crippen molar-refractivity contribution in [2.24, 2.45) is 0 Å². The number of hydrogen-bond acceptors (Lipinski definition) is 3. The molecule has 2 aliphatic heterocycles. The SMILES string of the molecule is O=C([C@@H]1CCCO1)N1CCc2cc(F)cnc21. The maximum atomic E-state index is 13.0. The Balaban J connectivity index is 1.85. The Morgan fingerprint density at radius 2 is 2.47 bits per heavy atom. The first-order valence-electron chi connectivity index (χ1n) is 5.83. The van der Waals surface area contributed by atoms with Gasteiger partial charge >= 0.3 is 0 Å². The van der Waals surface area contributed by atoms with Gasteiger partial charge < -0.3 is 4.74 Å². The standard InChI is InChI=1S/C12H13FN2O2/c13-9-6-8-3-4-15(11(8)14-7-9)12(16)10-2-1-5-17-10/h6-7,10H,1-5H2/t10-/m0/s1. The van der Waals surface area contributed by atoms with Crippen LogP contribution in [0.3, 0.4) is 0 Å². The molecule has 0 saturated carbocycles. The van der Waals surface area contributed by atoms with Crippen molar-refractivity contribution < 1.29 is 13.9 Å². The van der Waals surface area contributed by atoms with Crippen molar-refractivity contribution in [1.82, 2.24) is 4.98 Å². The van der Waals surface area contributed by atoms with Gasteiger partial charge in [-0.3, -0.25) is 9.69 Å². The Bertz CT molecular complexity index is 458. The quantitative estimate of drug-likeness (QED) is 0.738. The van der Waals surface area contributed by atoms with Gasteiger partial charge in [0.2, 0.25) is 0 Å². The highest BCUT2D eigenvalue weighted by molar-refractivity contribution is 5.97. The number of ether oxygens (including phenoxy) is 1. The molecule has 0 N–H and O–H groups in total. The van der Waals surface area contributed by atoms with E-state index < -0.39 is 0 Å². The second-order valence-electron chi connectivity index (χ2n) is 4.38. The van der Waals surface area contributed by atoms with Crippen molar-refractivity contribution in [2.45, 2.75) is 25.4 Å². The molecule has 0 unspecified atom stereocenters. The summed E-state index contributed by atoms with van der Waals surface area (Å²) in [5, 5.41) is 0. The van der Waals surface area contributed by atoms with E-state index in [9.17, 15) is 9.18 Å². The molecule has 4 nitrogen and oxygen atoms in total. The molecular weight excluding hydrogens is 223 g/mol. The summed E-state index contributed by atoms with van der Waals surface area (Å²) in [4.78, 5) is 17.8. The van der Waals surface area contributed by atoms with Gasteiger partial charge in [0.15, 0.2) is 0 Å². The van der Waals surface area contributed by atoms with Gasteiger partial charge in [0.1, 0.15) is 17.7 Å². The minimum atomic E-state index is -0.352. The summed E-state index contributed by atoms with van der Waals surface area (Å²) in [5.41, 5.74) is 0.802. The summed E-state index contributed by atoms with van der Waals surface area (Å²) in [6, 6.07) is 1.45. The Morgan fingerprint density at radius 3 is 3.24 bits per heavy atom. The smallest absolute Gasteiger partial charge is 0.257 e. The van der Waals surface area contributed by atoms with Gasteiger partial charge in [0, 0.05) is 13.2 Å². The number of fused-ring (bicyclic) bond motifs is 1. The predicted molar refractivity (Wildman–Crippen MR) is 59.2 cm³/mol. The zero-order chi connectivity index (χ0) is 11.8. The zero-order valence-electron chi connectivity index (χ0n) is 9.36. The van der Waals surface area contributed by atoms with Gasteiger partial charge in [-0.05, 0) is 30.9 Å². The van der Waals surface area contributed by atoms with Crippen LogP contribution in [0.25, 0.3) is 0 Å². The molecule has 1 aromatic rings. The summed E-state index contributed by atoms with van der Waals surface area (Å²) in [6.07, 6.45) is 3.17.